The fourth-order valence-electron chi connectivity index (χ4n) is 1.98. The lowest BCUT2D eigenvalue weighted by atomic mass is 10.2. The number of para-hydroxylation sites is 1. The molecular weight excluding hydrogens is 246 g/mol. The number of aromatic nitrogens is 1. The lowest BCUT2D eigenvalue weighted by molar-refractivity contribution is 0.102. The van der Waals surface area contributed by atoms with Crippen LogP contribution >= 0.6 is 11.3 Å². The first-order chi connectivity index (χ1) is 8.66. The third-order valence-corrected chi connectivity index (χ3v) is 4.12. The molecule has 0 fully saturated rings. The zero-order valence-electron chi connectivity index (χ0n) is 10.1. The van der Waals surface area contributed by atoms with Crippen LogP contribution in [0.25, 0.3) is 21.5 Å². The first-order valence-corrected chi connectivity index (χ1v) is 6.43. The molecule has 3 nitrogen and oxygen atoms in total. The fourth-order valence-corrected chi connectivity index (χ4v) is 2.96. The standard InChI is InChI=1S/C14H11NO2S/c1-8-13(9(2)16)18-14(15-8)11-7-17-12-6-4-3-5-10(11)12/h3-7H,1-2H3. The Morgan fingerprint density at radius 3 is 2.83 bits per heavy atom. The van der Waals surface area contributed by atoms with Gasteiger partial charge in [-0.1, -0.05) is 18.2 Å². The summed E-state index contributed by atoms with van der Waals surface area (Å²) in [5, 5.41) is 1.86. The molecule has 0 N–H and O–H groups in total. The first kappa shape index (κ1) is 11.2. The predicted molar refractivity (Wildman–Crippen MR) is 72.1 cm³/mol. The van der Waals surface area contributed by atoms with E-state index in [0.29, 0.717) is 0 Å². The second-order valence-electron chi connectivity index (χ2n) is 4.14. The van der Waals surface area contributed by atoms with Gasteiger partial charge in [0.1, 0.15) is 16.9 Å². The molecule has 3 rings (SSSR count). The van der Waals surface area contributed by atoms with Crippen LogP contribution in [-0.2, 0) is 0 Å². The van der Waals surface area contributed by atoms with Gasteiger partial charge < -0.3 is 4.42 Å². The van der Waals surface area contributed by atoms with E-state index in [1.54, 1.807) is 13.2 Å². The van der Waals surface area contributed by atoms with Crippen LogP contribution in [0.15, 0.2) is 34.9 Å². The first-order valence-electron chi connectivity index (χ1n) is 5.62. The second-order valence-corrected chi connectivity index (χ2v) is 5.13. The average molecular weight is 257 g/mol. The molecule has 18 heavy (non-hydrogen) atoms. The van der Waals surface area contributed by atoms with Crippen molar-refractivity contribution in [3.8, 4) is 10.6 Å². The maximum absolute atomic E-state index is 11.5. The molecule has 0 atom stereocenters. The van der Waals surface area contributed by atoms with Gasteiger partial charge in [0.15, 0.2) is 5.78 Å². The van der Waals surface area contributed by atoms with Crippen molar-refractivity contribution in [2.45, 2.75) is 13.8 Å². The van der Waals surface area contributed by atoms with E-state index in [9.17, 15) is 4.79 Å². The van der Waals surface area contributed by atoms with Crippen molar-refractivity contribution < 1.29 is 9.21 Å². The molecule has 0 aliphatic carbocycles. The topological polar surface area (TPSA) is 43.1 Å². The number of ketones is 1. The minimum atomic E-state index is 0.0593. The predicted octanol–water partition coefficient (Wildman–Crippen LogP) is 4.07. The van der Waals surface area contributed by atoms with Crippen LogP contribution < -0.4 is 0 Å². The number of aryl methyl sites for hydroxylation is 1. The van der Waals surface area contributed by atoms with E-state index >= 15 is 0 Å². The molecule has 0 unspecified atom stereocenters. The summed E-state index contributed by atoms with van der Waals surface area (Å²) in [4.78, 5) is 16.6. The molecular formula is C14H11NO2S. The monoisotopic (exact) mass is 257 g/mol. The highest BCUT2D eigenvalue weighted by Crippen LogP contribution is 2.34. The van der Waals surface area contributed by atoms with Crippen molar-refractivity contribution in [2.24, 2.45) is 0 Å². The maximum Gasteiger partial charge on any atom is 0.171 e. The van der Waals surface area contributed by atoms with Crippen molar-refractivity contribution in [3.63, 3.8) is 0 Å². The number of hydrogen-bond acceptors (Lipinski definition) is 4. The van der Waals surface area contributed by atoms with E-state index in [-0.39, 0.29) is 5.78 Å². The maximum atomic E-state index is 11.5. The van der Waals surface area contributed by atoms with E-state index in [1.165, 1.54) is 11.3 Å². The van der Waals surface area contributed by atoms with Gasteiger partial charge in [0, 0.05) is 12.3 Å². The molecule has 4 heteroatoms. The third-order valence-electron chi connectivity index (χ3n) is 2.83. The van der Waals surface area contributed by atoms with Crippen LogP contribution in [0.4, 0.5) is 0 Å². The van der Waals surface area contributed by atoms with Crippen molar-refractivity contribution >= 4 is 28.1 Å². The van der Waals surface area contributed by atoms with Gasteiger partial charge in [0.2, 0.25) is 0 Å². The van der Waals surface area contributed by atoms with Crippen molar-refractivity contribution in [3.05, 3.63) is 41.1 Å². The van der Waals surface area contributed by atoms with Crippen LogP contribution in [0.1, 0.15) is 22.3 Å². The number of carbonyl (C=O) groups is 1. The summed E-state index contributed by atoms with van der Waals surface area (Å²) in [6.07, 6.45) is 1.70. The van der Waals surface area contributed by atoms with E-state index < -0.39 is 0 Å². The minimum Gasteiger partial charge on any atom is -0.464 e. The Kier molecular flexibility index (Phi) is 2.52. The van der Waals surface area contributed by atoms with Gasteiger partial charge in [-0.15, -0.1) is 11.3 Å². The molecule has 2 aromatic heterocycles. The number of Topliss-reactive ketones (excluding diaryl/α,β-unsaturated/α-hetero) is 1. The number of hydrogen-bond donors (Lipinski definition) is 0. The van der Waals surface area contributed by atoms with Gasteiger partial charge >= 0.3 is 0 Å². The highest BCUT2D eigenvalue weighted by atomic mass is 32.1. The van der Waals surface area contributed by atoms with E-state index in [4.69, 9.17) is 4.42 Å². The molecule has 0 spiro atoms. The SMILES string of the molecule is CC(=O)c1sc(-c2coc3ccccc23)nc1C. The second kappa shape index (κ2) is 4.07. The third kappa shape index (κ3) is 1.66. The van der Waals surface area contributed by atoms with Crippen molar-refractivity contribution in [1.29, 1.82) is 0 Å². The van der Waals surface area contributed by atoms with Gasteiger partial charge in [-0.3, -0.25) is 4.79 Å². The summed E-state index contributed by atoms with van der Waals surface area (Å²) in [6, 6.07) is 7.82. The molecule has 0 aliphatic heterocycles. The number of carbonyl (C=O) groups excluding carboxylic acids is 1. The van der Waals surface area contributed by atoms with Gasteiger partial charge in [0.25, 0.3) is 0 Å². The Labute approximate surface area is 108 Å². The van der Waals surface area contributed by atoms with E-state index in [0.717, 1.165) is 32.1 Å². The van der Waals surface area contributed by atoms with Gasteiger partial charge in [-0.25, -0.2) is 4.98 Å². The van der Waals surface area contributed by atoms with E-state index in [1.807, 2.05) is 31.2 Å². The fraction of sp³-hybridized carbons (Fsp3) is 0.143. The van der Waals surface area contributed by atoms with Crippen LogP contribution in [0.5, 0.6) is 0 Å². The summed E-state index contributed by atoms with van der Waals surface area (Å²) >= 11 is 1.42. The molecule has 0 saturated carbocycles. The number of thiazole rings is 1. The summed E-state index contributed by atoms with van der Waals surface area (Å²) in [7, 11) is 0. The Morgan fingerprint density at radius 1 is 1.33 bits per heavy atom. The van der Waals surface area contributed by atoms with Gasteiger partial charge in [-0.05, 0) is 13.0 Å². The Bertz CT molecular complexity index is 739. The summed E-state index contributed by atoms with van der Waals surface area (Å²) in [6.45, 7) is 3.43. The summed E-state index contributed by atoms with van der Waals surface area (Å²) in [5.41, 5.74) is 2.57. The summed E-state index contributed by atoms with van der Waals surface area (Å²) < 4.78 is 5.49. The quantitative estimate of drug-likeness (QED) is 0.650. The van der Waals surface area contributed by atoms with Crippen molar-refractivity contribution in [1.82, 2.24) is 4.98 Å². The molecule has 0 bridgehead atoms. The minimum absolute atomic E-state index is 0.0593. The molecule has 2 heterocycles. The number of fused-ring (bicyclic) bond motifs is 1. The van der Waals surface area contributed by atoms with Crippen LogP contribution in [-0.4, -0.2) is 10.8 Å². The van der Waals surface area contributed by atoms with Crippen LogP contribution in [0.3, 0.4) is 0 Å². The molecule has 1 aromatic carbocycles. The zero-order chi connectivity index (χ0) is 12.7. The normalized spacial score (nSPS) is 11.0. The van der Waals surface area contributed by atoms with Gasteiger partial charge in [0.05, 0.1) is 16.1 Å². The lowest BCUT2D eigenvalue weighted by Gasteiger charge is -1.90. The van der Waals surface area contributed by atoms with Crippen molar-refractivity contribution in [2.75, 3.05) is 0 Å². The average Bonchev–Trinajstić information content (AvgIpc) is 2.92. The molecule has 90 valence electrons. The number of nitrogens with zero attached hydrogens (tertiary/aromatic N) is 1. The molecule has 3 aromatic rings. The highest BCUT2D eigenvalue weighted by molar-refractivity contribution is 7.17. The van der Waals surface area contributed by atoms with Crippen LogP contribution in [0.2, 0.25) is 0 Å². The molecule has 0 amide bonds. The Hall–Kier alpha value is -1.94. The van der Waals surface area contributed by atoms with Gasteiger partial charge in [-0.2, -0.15) is 0 Å². The van der Waals surface area contributed by atoms with Crippen LogP contribution in [0, 0.1) is 6.92 Å². The summed E-state index contributed by atoms with van der Waals surface area (Å²) in [5.74, 6) is 0.0593. The Balaban J connectivity index is 2.20. The Morgan fingerprint density at radius 2 is 2.11 bits per heavy atom. The number of furan rings is 1. The highest BCUT2D eigenvalue weighted by Gasteiger charge is 2.16. The number of benzene rings is 1. The van der Waals surface area contributed by atoms with E-state index in [2.05, 4.69) is 4.98 Å². The molecule has 0 radical (unpaired) electrons. The molecule has 0 saturated heterocycles. The molecule has 0 aliphatic rings. The zero-order valence-corrected chi connectivity index (χ0v) is 10.9. The largest absolute Gasteiger partial charge is 0.464 e. The smallest absolute Gasteiger partial charge is 0.171 e. The number of rotatable bonds is 2. The lowest BCUT2D eigenvalue weighted by Crippen LogP contribution is -1.89.